The fourth-order valence-corrected chi connectivity index (χ4v) is 3.46. The number of halogens is 1. The van der Waals surface area contributed by atoms with Crippen LogP contribution >= 0.6 is 0 Å². The number of fused-ring (bicyclic) bond motifs is 1. The molecule has 2 atom stereocenters. The molecule has 1 aromatic heterocycles. The molecule has 0 saturated carbocycles. The number of para-hydroxylation sites is 1. The predicted molar refractivity (Wildman–Crippen MR) is 93.3 cm³/mol. The lowest BCUT2D eigenvalue weighted by molar-refractivity contribution is 0.0906. The zero-order valence-electron chi connectivity index (χ0n) is 15.0. The standard InChI is InChI=1S/C19H24FN3O2/c1-5-13(6-2)23-11(3)15(10-21-23)19(24)22-17-12(4)25-18-14(17)8-7-9-16(18)20/h7-10,12-13,17H,5-6H2,1-4H3,(H,22,24). The monoisotopic (exact) mass is 345 g/mol. The van der Waals surface area contributed by atoms with Crippen LogP contribution in [0.3, 0.4) is 0 Å². The summed E-state index contributed by atoms with van der Waals surface area (Å²) in [6, 6.07) is 4.68. The van der Waals surface area contributed by atoms with Gasteiger partial charge in [0.25, 0.3) is 5.91 Å². The molecule has 0 saturated heterocycles. The number of carbonyl (C=O) groups excluding carboxylic acids is 1. The van der Waals surface area contributed by atoms with E-state index in [1.807, 2.05) is 18.5 Å². The van der Waals surface area contributed by atoms with Gasteiger partial charge in [-0.15, -0.1) is 0 Å². The van der Waals surface area contributed by atoms with E-state index in [-0.39, 0.29) is 29.8 Å². The number of carbonyl (C=O) groups is 1. The average molecular weight is 345 g/mol. The lowest BCUT2D eigenvalue weighted by atomic mass is 10.0. The van der Waals surface area contributed by atoms with Crippen LogP contribution in [0.25, 0.3) is 0 Å². The van der Waals surface area contributed by atoms with Gasteiger partial charge in [-0.1, -0.05) is 26.0 Å². The fourth-order valence-electron chi connectivity index (χ4n) is 3.46. The van der Waals surface area contributed by atoms with Crippen molar-refractivity contribution >= 4 is 5.91 Å². The summed E-state index contributed by atoms with van der Waals surface area (Å²) in [5.74, 6) is -0.393. The first-order valence-electron chi connectivity index (χ1n) is 8.77. The number of rotatable bonds is 5. The van der Waals surface area contributed by atoms with Crippen molar-refractivity contribution in [2.75, 3.05) is 0 Å². The van der Waals surface area contributed by atoms with Crippen molar-refractivity contribution in [3.05, 3.63) is 47.0 Å². The van der Waals surface area contributed by atoms with Crippen LogP contribution in [0.5, 0.6) is 5.75 Å². The molecule has 0 spiro atoms. The molecule has 2 unspecified atom stereocenters. The molecule has 3 rings (SSSR count). The molecule has 0 bridgehead atoms. The van der Waals surface area contributed by atoms with E-state index >= 15 is 0 Å². The van der Waals surface area contributed by atoms with Crippen LogP contribution in [-0.2, 0) is 0 Å². The van der Waals surface area contributed by atoms with Crippen LogP contribution in [-0.4, -0.2) is 21.8 Å². The van der Waals surface area contributed by atoms with Crippen LogP contribution < -0.4 is 10.1 Å². The van der Waals surface area contributed by atoms with E-state index in [2.05, 4.69) is 24.3 Å². The highest BCUT2D eigenvalue weighted by atomic mass is 19.1. The van der Waals surface area contributed by atoms with Gasteiger partial charge in [0, 0.05) is 11.3 Å². The Kier molecular flexibility index (Phi) is 4.79. The van der Waals surface area contributed by atoms with Gasteiger partial charge in [0.1, 0.15) is 6.10 Å². The first-order valence-corrected chi connectivity index (χ1v) is 8.77. The Hall–Kier alpha value is -2.37. The second kappa shape index (κ2) is 6.86. The summed E-state index contributed by atoms with van der Waals surface area (Å²) in [5.41, 5.74) is 2.06. The molecule has 0 fully saturated rings. The topological polar surface area (TPSA) is 56.2 Å². The van der Waals surface area contributed by atoms with Gasteiger partial charge >= 0.3 is 0 Å². The quantitative estimate of drug-likeness (QED) is 0.893. The van der Waals surface area contributed by atoms with Gasteiger partial charge in [-0.05, 0) is 32.8 Å². The Morgan fingerprint density at radius 3 is 2.80 bits per heavy atom. The smallest absolute Gasteiger partial charge is 0.255 e. The minimum atomic E-state index is -0.404. The Morgan fingerprint density at radius 1 is 1.40 bits per heavy atom. The average Bonchev–Trinajstić information content (AvgIpc) is 3.12. The van der Waals surface area contributed by atoms with Crippen molar-refractivity contribution in [1.29, 1.82) is 0 Å². The third-order valence-corrected chi connectivity index (χ3v) is 4.97. The summed E-state index contributed by atoms with van der Waals surface area (Å²) >= 11 is 0. The minimum absolute atomic E-state index is 0.215. The number of hydrogen-bond acceptors (Lipinski definition) is 3. The maximum atomic E-state index is 13.9. The first-order chi connectivity index (χ1) is 12.0. The molecule has 0 aliphatic carbocycles. The summed E-state index contributed by atoms with van der Waals surface area (Å²) in [7, 11) is 0. The normalized spacial score (nSPS) is 19.0. The van der Waals surface area contributed by atoms with E-state index in [4.69, 9.17) is 4.74 Å². The summed E-state index contributed by atoms with van der Waals surface area (Å²) < 4.78 is 21.4. The summed E-state index contributed by atoms with van der Waals surface area (Å²) in [5, 5.41) is 7.37. The molecule has 25 heavy (non-hydrogen) atoms. The number of nitrogens with zero attached hydrogens (tertiary/aromatic N) is 2. The molecular formula is C19H24FN3O2. The van der Waals surface area contributed by atoms with E-state index in [1.165, 1.54) is 6.07 Å². The van der Waals surface area contributed by atoms with Crippen molar-refractivity contribution in [3.63, 3.8) is 0 Å². The Bertz CT molecular complexity index is 783. The predicted octanol–water partition coefficient (Wildman–Crippen LogP) is 3.94. The van der Waals surface area contributed by atoms with Gasteiger partial charge in [0.2, 0.25) is 0 Å². The molecule has 1 N–H and O–H groups in total. The highest BCUT2D eigenvalue weighted by Crippen LogP contribution is 2.38. The molecule has 2 aromatic rings. The molecule has 5 nitrogen and oxygen atoms in total. The Morgan fingerprint density at radius 2 is 2.12 bits per heavy atom. The number of ether oxygens (including phenoxy) is 1. The van der Waals surface area contributed by atoms with Crippen molar-refractivity contribution < 1.29 is 13.9 Å². The first kappa shape index (κ1) is 17.5. The second-order valence-corrected chi connectivity index (χ2v) is 6.49. The Labute approximate surface area is 147 Å². The van der Waals surface area contributed by atoms with E-state index in [0.717, 1.165) is 18.5 Å². The van der Waals surface area contributed by atoms with Gasteiger partial charge in [-0.2, -0.15) is 5.10 Å². The number of nitrogens with one attached hydrogen (secondary N) is 1. The van der Waals surface area contributed by atoms with Gasteiger partial charge in [-0.25, -0.2) is 4.39 Å². The number of amides is 1. The van der Waals surface area contributed by atoms with Crippen molar-refractivity contribution in [2.24, 2.45) is 0 Å². The highest BCUT2D eigenvalue weighted by molar-refractivity contribution is 5.95. The second-order valence-electron chi connectivity index (χ2n) is 6.49. The lowest BCUT2D eigenvalue weighted by Crippen LogP contribution is -2.34. The molecule has 0 radical (unpaired) electrons. The number of benzene rings is 1. The molecule has 134 valence electrons. The van der Waals surface area contributed by atoms with E-state index < -0.39 is 5.82 Å². The van der Waals surface area contributed by atoms with Gasteiger partial charge in [0.15, 0.2) is 11.6 Å². The molecular weight excluding hydrogens is 321 g/mol. The lowest BCUT2D eigenvalue weighted by Gasteiger charge is -2.18. The number of hydrogen-bond donors (Lipinski definition) is 1. The highest BCUT2D eigenvalue weighted by Gasteiger charge is 2.35. The zero-order chi connectivity index (χ0) is 18.1. The zero-order valence-corrected chi connectivity index (χ0v) is 15.0. The molecule has 2 heterocycles. The third kappa shape index (κ3) is 3.01. The van der Waals surface area contributed by atoms with E-state index in [9.17, 15) is 9.18 Å². The van der Waals surface area contributed by atoms with Crippen LogP contribution in [0.15, 0.2) is 24.4 Å². The molecule has 1 amide bonds. The molecule has 6 heteroatoms. The fraction of sp³-hybridized carbons (Fsp3) is 0.474. The van der Waals surface area contributed by atoms with Crippen LogP contribution in [0.4, 0.5) is 4.39 Å². The van der Waals surface area contributed by atoms with Gasteiger partial charge < -0.3 is 10.1 Å². The maximum absolute atomic E-state index is 13.9. The Balaban J connectivity index is 1.84. The largest absolute Gasteiger partial charge is 0.485 e. The third-order valence-electron chi connectivity index (χ3n) is 4.97. The molecule has 1 aromatic carbocycles. The van der Waals surface area contributed by atoms with Crippen LogP contribution in [0.1, 0.15) is 67.3 Å². The summed E-state index contributed by atoms with van der Waals surface area (Å²) in [4.78, 5) is 12.8. The minimum Gasteiger partial charge on any atom is -0.485 e. The maximum Gasteiger partial charge on any atom is 0.255 e. The number of aromatic nitrogens is 2. The van der Waals surface area contributed by atoms with Crippen molar-refractivity contribution in [1.82, 2.24) is 15.1 Å². The van der Waals surface area contributed by atoms with E-state index in [0.29, 0.717) is 11.1 Å². The molecule has 1 aliphatic rings. The van der Waals surface area contributed by atoms with Crippen molar-refractivity contribution in [3.8, 4) is 5.75 Å². The molecule has 1 aliphatic heterocycles. The summed E-state index contributed by atoms with van der Waals surface area (Å²) in [6.07, 6.45) is 3.20. The SMILES string of the molecule is CCC(CC)n1ncc(C(=O)NC2c3cccc(F)c3OC2C)c1C. The van der Waals surface area contributed by atoms with Crippen LogP contribution in [0.2, 0.25) is 0 Å². The van der Waals surface area contributed by atoms with Gasteiger partial charge in [0.05, 0.1) is 23.8 Å². The van der Waals surface area contributed by atoms with E-state index in [1.54, 1.807) is 18.3 Å². The van der Waals surface area contributed by atoms with Crippen molar-refractivity contribution in [2.45, 2.75) is 58.7 Å². The van der Waals surface area contributed by atoms with Crippen LogP contribution in [0, 0.1) is 12.7 Å². The summed E-state index contributed by atoms with van der Waals surface area (Å²) in [6.45, 7) is 7.95. The van der Waals surface area contributed by atoms with Gasteiger partial charge in [-0.3, -0.25) is 9.48 Å².